The Morgan fingerprint density at radius 2 is 2.24 bits per heavy atom. The highest BCUT2D eigenvalue weighted by atomic mass is 32.1. The van der Waals surface area contributed by atoms with Gasteiger partial charge in [-0.1, -0.05) is 19.9 Å². The number of fused-ring (bicyclic) bond motifs is 1. The third kappa shape index (κ3) is 2.37. The van der Waals surface area contributed by atoms with Crippen LogP contribution in [-0.2, 0) is 11.3 Å². The molecule has 0 aromatic carbocycles. The van der Waals surface area contributed by atoms with Gasteiger partial charge in [0, 0.05) is 47.5 Å². The smallest absolute Gasteiger partial charge is 0.0691 e. The number of hydrogen-bond donors (Lipinski definition) is 1. The minimum absolute atomic E-state index is 0.0662. The lowest BCUT2D eigenvalue weighted by atomic mass is 9.48. The van der Waals surface area contributed by atoms with Gasteiger partial charge in [-0.3, -0.25) is 4.90 Å². The first-order valence-electron chi connectivity index (χ1n) is 8.03. The molecule has 3 nitrogen and oxygen atoms in total. The summed E-state index contributed by atoms with van der Waals surface area (Å²) in [6, 6.07) is 4.85. The Kier molecular flexibility index (Phi) is 3.93. The van der Waals surface area contributed by atoms with Crippen molar-refractivity contribution in [2.45, 2.75) is 58.3 Å². The normalized spacial score (nSPS) is 34.2. The van der Waals surface area contributed by atoms with Gasteiger partial charge in [0.05, 0.1) is 6.10 Å². The van der Waals surface area contributed by atoms with E-state index in [1.165, 1.54) is 4.88 Å². The van der Waals surface area contributed by atoms with Gasteiger partial charge in [-0.15, -0.1) is 11.3 Å². The number of hydrogen-bond acceptors (Lipinski definition) is 4. The van der Waals surface area contributed by atoms with Gasteiger partial charge in [-0.05, 0) is 31.7 Å². The molecule has 0 radical (unpaired) electrons. The molecule has 0 amide bonds. The van der Waals surface area contributed by atoms with Crippen LogP contribution in [0.25, 0.3) is 0 Å². The highest BCUT2D eigenvalue weighted by Crippen LogP contribution is 2.58. The Morgan fingerprint density at radius 3 is 2.86 bits per heavy atom. The molecule has 21 heavy (non-hydrogen) atoms. The van der Waals surface area contributed by atoms with Crippen LogP contribution >= 0.6 is 11.3 Å². The largest absolute Gasteiger partial charge is 0.377 e. The average molecular weight is 308 g/mol. The van der Waals surface area contributed by atoms with Crippen LogP contribution in [-0.4, -0.2) is 35.7 Å². The van der Waals surface area contributed by atoms with Gasteiger partial charge in [-0.25, -0.2) is 0 Å². The standard InChI is InChI=1S/C17H28N2OS/c1-12(2)19(10-13-6-5-9-21-13)11-17(18)14-7-8-20-15(14)16(17,3)4/h5-6,9,12,14-15H,7-8,10-11,18H2,1-4H3. The monoisotopic (exact) mass is 308 g/mol. The van der Waals surface area contributed by atoms with E-state index in [1.54, 1.807) is 0 Å². The van der Waals surface area contributed by atoms with Crippen LogP contribution in [0.4, 0.5) is 0 Å². The summed E-state index contributed by atoms with van der Waals surface area (Å²) in [7, 11) is 0. The second-order valence-corrected chi connectivity index (χ2v) is 8.56. The van der Waals surface area contributed by atoms with Crippen molar-refractivity contribution in [1.29, 1.82) is 0 Å². The molecular formula is C17H28N2OS. The summed E-state index contributed by atoms with van der Waals surface area (Å²) in [5.74, 6) is 0.525. The fraction of sp³-hybridized carbons (Fsp3) is 0.765. The molecule has 1 aliphatic heterocycles. The van der Waals surface area contributed by atoms with E-state index in [9.17, 15) is 0 Å². The Labute approximate surface area is 132 Å². The molecule has 2 aliphatic rings. The zero-order valence-electron chi connectivity index (χ0n) is 13.6. The number of rotatable bonds is 5. The van der Waals surface area contributed by atoms with Gasteiger partial charge < -0.3 is 10.5 Å². The van der Waals surface area contributed by atoms with E-state index in [4.69, 9.17) is 10.5 Å². The van der Waals surface area contributed by atoms with Gasteiger partial charge >= 0.3 is 0 Å². The van der Waals surface area contributed by atoms with Crippen LogP contribution in [0.1, 0.15) is 39.0 Å². The average Bonchev–Trinajstić information content (AvgIpc) is 3.08. The number of nitrogens with zero attached hydrogens (tertiary/aromatic N) is 1. The van der Waals surface area contributed by atoms with E-state index in [0.29, 0.717) is 18.1 Å². The van der Waals surface area contributed by atoms with E-state index in [1.807, 2.05) is 11.3 Å². The Balaban J connectivity index is 1.76. The van der Waals surface area contributed by atoms with Crippen molar-refractivity contribution in [2.75, 3.05) is 13.2 Å². The van der Waals surface area contributed by atoms with E-state index < -0.39 is 0 Å². The summed E-state index contributed by atoms with van der Waals surface area (Å²) in [6.45, 7) is 11.9. The van der Waals surface area contributed by atoms with Crippen LogP contribution in [0, 0.1) is 11.3 Å². The van der Waals surface area contributed by atoms with Gasteiger partial charge in [0.2, 0.25) is 0 Å². The Morgan fingerprint density at radius 1 is 1.48 bits per heavy atom. The molecular weight excluding hydrogens is 280 g/mol. The van der Waals surface area contributed by atoms with Crippen molar-refractivity contribution in [2.24, 2.45) is 17.1 Å². The SMILES string of the molecule is CC(C)N(Cc1cccs1)CC1(N)C2CCOC2C1(C)C. The summed E-state index contributed by atoms with van der Waals surface area (Å²) in [5.41, 5.74) is 6.85. The molecule has 1 saturated carbocycles. The van der Waals surface area contributed by atoms with Crippen molar-refractivity contribution >= 4 is 11.3 Å². The van der Waals surface area contributed by atoms with Crippen molar-refractivity contribution < 1.29 is 4.74 Å². The van der Waals surface area contributed by atoms with Gasteiger partial charge in [0.25, 0.3) is 0 Å². The van der Waals surface area contributed by atoms with Gasteiger partial charge in [0.1, 0.15) is 0 Å². The van der Waals surface area contributed by atoms with Crippen LogP contribution in [0.2, 0.25) is 0 Å². The second kappa shape index (κ2) is 5.34. The summed E-state index contributed by atoms with van der Waals surface area (Å²) < 4.78 is 5.91. The molecule has 2 heterocycles. The maximum atomic E-state index is 6.92. The predicted octanol–water partition coefficient (Wildman–Crippen LogP) is 3.10. The first kappa shape index (κ1) is 15.5. The zero-order valence-corrected chi connectivity index (χ0v) is 14.5. The van der Waals surface area contributed by atoms with Crippen LogP contribution in [0.5, 0.6) is 0 Å². The van der Waals surface area contributed by atoms with Crippen LogP contribution < -0.4 is 5.73 Å². The fourth-order valence-corrected chi connectivity index (χ4v) is 4.89. The lowest BCUT2D eigenvalue weighted by Crippen LogP contribution is -2.78. The quantitative estimate of drug-likeness (QED) is 0.908. The molecule has 0 spiro atoms. The van der Waals surface area contributed by atoms with Crippen molar-refractivity contribution in [3.63, 3.8) is 0 Å². The second-order valence-electron chi connectivity index (χ2n) is 7.53. The third-order valence-corrected chi connectivity index (χ3v) is 6.66. The van der Waals surface area contributed by atoms with E-state index >= 15 is 0 Å². The molecule has 3 atom stereocenters. The molecule has 118 valence electrons. The fourth-order valence-electron chi connectivity index (χ4n) is 4.16. The third-order valence-electron chi connectivity index (χ3n) is 5.80. The number of nitrogens with two attached hydrogens (primary N) is 1. The summed E-state index contributed by atoms with van der Waals surface area (Å²) in [5, 5.41) is 2.15. The van der Waals surface area contributed by atoms with Crippen LogP contribution in [0.3, 0.4) is 0 Å². The van der Waals surface area contributed by atoms with Gasteiger partial charge in [-0.2, -0.15) is 0 Å². The topological polar surface area (TPSA) is 38.5 Å². The minimum Gasteiger partial charge on any atom is -0.377 e. The Hall–Kier alpha value is -0.420. The van der Waals surface area contributed by atoms with Crippen molar-refractivity contribution in [3.05, 3.63) is 22.4 Å². The number of thiophene rings is 1. The molecule has 1 aromatic heterocycles. The van der Waals surface area contributed by atoms with Crippen molar-refractivity contribution in [3.8, 4) is 0 Å². The molecule has 1 aliphatic carbocycles. The van der Waals surface area contributed by atoms with Crippen molar-refractivity contribution in [1.82, 2.24) is 4.90 Å². The first-order chi connectivity index (χ1) is 9.86. The maximum absolute atomic E-state index is 6.92. The minimum atomic E-state index is -0.129. The Bertz CT molecular complexity index is 485. The summed E-state index contributed by atoms with van der Waals surface area (Å²) in [4.78, 5) is 3.95. The molecule has 3 rings (SSSR count). The molecule has 2 fully saturated rings. The molecule has 1 aromatic rings. The molecule has 4 heteroatoms. The molecule has 3 unspecified atom stereocenters. The van der Waals surface area contributed by atoms with Gasteiger partial charge in [0.15, 0.2) is 0 Å². The van der Waals surface area contributed by atoms with E-state index in [0.717, 1.165) is 26.1 Å². The summed E-state index contributed by atoms with van der Waals surface area (Å²) in [6.07, 6.45) is 1.48. The van der Waals surface area contributed by atoms with E-state index in [-0.39, 0.29) is 11.0 Å². The summed E-state index contributed by atoms with van der Waals surface area (Å²) >= 11 is 1.83. The molecule has 1 saturated heterocycles. The predicted molar refractivity (Wildman–Crippen MR) is 88.4 cm³/mol. The lowest BCUT2D eigenvalue weighted by Gasteiger charge is -2.63. The molecule has 0 bridgehead atoms. The number of ether oxygens (including phenoxy) is 1. The highest BCUT2D eigenvalue weighted by molar-refractivity contribution is 7.09. The molecule has 2 N–H and O–H groups in total. The maximum Gasteiger partial charge on any atom is 0.0691 e. The first-order valence-corrected chi connectivity index (χ1v) is 8.91. The lowest BCUT2D eigenvalue weighted by molar-refractivity contribution is -0.165. The highest BCUT2D eigenvalue weighted by Gasteiger charge is 2.67. The van der Waals surface area contributed by atoms with Crippen LogP contribution in [0.15, 0.2) is 17.5 Å². The zero-order chi connectivity index (χ0) is 15.3. The van der Waals surface area contributed by atoms with E-state index in [2.05, 4.69) is 50.1 Å².